The molecule has 0 aromatic carbocycles. The molecule has 0 saturated heterocycles. The number of hydrogen-bond acceptors (Lipinski definition) is 2. The zero-order valence-corrected chi connectivity index (χ0v) is 10.8. The molecule has 2 aliphatic carbocycles. The van der Waals surface area contributed by atoms with Gasteiger partial charge in [0.25, 0.3) is 0 Å². The molecule has 2 fully saturated rings. The molecule has 2 saturated carbocycles. The van der Waals surface area contributed by atoms with Crippen molar-refractivity contribution in [2.75, 3.05) is 0 Å². The van der Waals surface area contributed by atoms with Gasteiger partial charge in [-0.15, -0.1) is 11.3 Å². The van der Waals surface area contributed by atoms with Crippen LogP contribution in [0.2, 0.25) is 0 Å². The summed E-state index contributed by atoms with van der Waals surface area (Å²) in [5.74, 6) is 0. The summed E-state index contributed by atoms with van der Waals surface area (Å²) in [6.45, 7) is 0.987. The van der Waals surface area contributed by atoms with Crippen molar-refractivity contribution in [3.8, 4) is 0 Å². The lowest BCUT2D eigenvalue weighted by Crippen LogP contribution is -2.41. The van der Waals surface area contributed by atoms with Crippen molar-refractivity contribution in [2.24, 2.45) is 0 Å². The lowest BCUT2D eigenvalue weighted by Gasteiger charge is -2.25. The quantitative estimate of drug-likeness (QED) is 0.830. The summed E-state index contributed by atoms with van der Waals surface area (Å²) in [7, 11) is 0. The van der Waals surface area contributed by atoms with Gasteiger partial charge in [-0.25, -0.2) is 0 Å². The Morgan fingerprint density at radius 3 is 2.81 bits per heavy atom. The van der Waals surface area contributed by atoms with E-state index >= 15 is 0 Å². The first kappa shape index (κ1) is 10.5. The first-order valence-electron chi connectivity index (χ1n) is 5.92. The second kappa shape index (κ2) is 4.34. The molecule has 16 heavy (non-hydrogen) atoms. The minimum atomic E-state index is 0.664. The maximum absolute atomic E-state index is 5.50. The smallest absolute Gasteiger partial charge is 0.169 e. The van der Waals surface area contributed by atoms with E-state index in [1.54, 1.807) is 0 Å². The third kappa shape index (κ3) is 2.55. The minimum absolute atomic E-state index is 0.664. The van der Waals surface area contributed by atoms with Gasteiger partial charge in [0, 0.05) is 17.0 Å². The summed E-state index contributed by atoms with van der Waals surface area (Å²) in [6, 6.07) is 5.67. The van der Waals surface area contributed by atoms with Gasteiger partial charge in [-0.2, -0.15) is 0 Å². The molecule has 1 aromatic heterocycles. The van der Waals surface area contributed by atoms with Gasteiger partial charge in [0.2, 0.25) is 0 Å². The molecule has 2 nitrogen and oxygen atoms in total. The maximum Gasteiger partial charge on any atom is 0.169 e. The van der Waals surface area contributed by atoms with E-state index in [0.717, 1.165) is 11.7 Å². The number of hydrogen-bond donors (Lipinski definition) is 1. The van der Waals surface area contributed by atoms with Crippen LogP contribution in [0.1, 0.15) is 30.6 Å². The molecule has 0 spiro atoms. The lowest BCUT2D eigenvalue weighted by molar-refractivity contribution is 0.399. The number of nitrogens with one attached hydrogen (secondary N) is 1. The average molecular weight is 252 g/mol. The van der Waals surface area contributed by atoms with Crippen LogP contribution in [0.15, 0.2) is 17.5 Å². The molecular weight excluding hydrogens is 236 g/mol. The van der Waals surface area contributed by atoms with Crippen molar-refractivity contribution < 1.29 is 0 Å². The Morgan fingerprint density at radius 1 is 1.44 bits per heavy atom. The highest BCUT2D eigenvalue weighted by Gasteiger charge is 2.33. The van der Waals surface area contributed by atoms with Gasteiger partial charge < -0.3 is 10.2 Å². The summed E-state index contributed by atoms with van der Waals surface area (Å²) in [6.07, 6.45) is 5.19. The standard InChI is InChI=1S/C12H16N2S2/c15-12(13-9-3-4-9)14(10-5-6-10)8-11-2-1-7-16-11/h1-2,7,9-10H,3-6,8H2,(H,13,15). The first-order valence-corrected chi connectivity index (χ1v) is 7.21. The van der Waals surface area contributed by atoms with Gasteiger partial charge in [0.1, 0.15) is 0 Å². The highest BCUT2D eigenvalue weighted by atomic mass is 32.1. The third-order valence-electron chi connectivity index (χ3n) is 3.06. The second-order valence-electron chi connectivity index (χ2n) is 4.66. The highest BCUT2D eigenvalue weighted by molar-refractivity contribution is 7.80. The van der Waals surface area contributed by atoms with Crippen LogP contribution in [-0.4, -0.2) is 22.1 Å². The van der Waals surface area contributed by atoms with E-state index in [1.165, 1.54) is 30.6 Å². The number of nitrogens with zero attached hydrogens (tertiary/aromatic N) is 1. The van der Waals surface area contributed by atoms with Crippen molar-refractivity contribution >= 4 is 28.7 Å². The van der Waals surface area contributed by atoms with Crippen LogP contribution >= 0.6 is 23.6 Å². The summed E-state index contributed by atoms with van der Waals surface area (Å²) in [4.78, 5) is 3.78. The zero-order valence-electron chi connectivity index (χ0n) is 9.19. The molecule has 0 aliphatic heterocycles. The van der Waals surface area contributed by atoms with Gasteiger partial charge in [-0.3, -0.25) is 0 Å². The van der Waals surface area contributed by atoms with Crippen molar-refractivity contribution in [1.29, 1.82) is 0 Å². The lowest BCUT2D eigenvalue weighted by atomic mass is 10.4. The Balaban J connectivity index is 1.63. The van der Waals surface area contributed by atoms with Gasteiger partial charge in [-0.05, 0) is 49.3 Å². The fourth-order valence-electron chi connectivity index (χ4n) is 1.81. The van der Waals surface area contributed by atoms with Crippen LogP contribution in [0, 0.1) is 0 Å². The topological polar surface area (TPSA) is 15.3 Å². The van der Waals surface area contributed by atoms with Gasteiger partial charge in [0.15, 0.2) is 5.11 Å². The van der Waals surface area contributed by atoms with Gasteiger partial charge in [0.05, 0.1) is 6.54 Å². The Morgan fingerprint density at radius 2 is 2.25 bits per heavy atom. The van der Waals surface area contributed by atoms with Gasteiger partial charge >= 0.3 is 0 Å². The normalized spacial score (nSPS) is 19.5. The average Bonchev–Trinajstić information content (AvgIpc) is 3.18. The second-order valence-corrected chi connectivity index (χ2v) is 6.08. The maximum atomic E-state index is 5.50. The molecule has 0 radical (unpaired) electrons. The monoisotopic (exact) mass is 252 g/mol. The van der Waals surface area contributed by atoms with Crippen LogP contribution in [0.4, 0.5) is 0 Å². The molecule has 0 atom stereocenters. The van der Waals surface area contributed by atoms with E-state index < -0.39 is 0 Å². The first-order chi connectivity index (χ1) is 7.83. The molecule has 1 heterocycles. The highest BCUT2D eigenvalue weighted by Crippen LogP contribution is 2.30. The summed E-state index contributed by atoms with van der Waals surface area (Å²) < 4.78 is 0. The third-order valence-corrected chi connectivity index (χ3v) is 4.27. The van der Waals surface area contributed by atoms with Crippen LogP contribution < -0.4 is 5.32 Å². The van der Waals surface area contributed by atoms with E-state index in [2.05, 4.69) is 27.7 Å². The molecule has 4 heteroatoms. The SMILES string of the molecule is S=C(NC1CC1)N(Cc1cccs1)C1CC1. The molecule has 1 aromatic rings. The van der Waals surface area contributed by atoms with Gasteiger partial charge in [-0.1, -0.05) is 6.07 Å². The molecule has 0 bridgehead atoms. The number of thiocarbonyl (C=S) groups is 1. The van der Waals surface area contributed by atoms with Crippen molar-refractivity contribution in [3.05, 3.63) is 22.4 Å². The Labute approximate surface area is 106 Å². The Bertz CT molecular complexity index is 366. The van der Waals surface area contributed by atoms with Crippen LogP contribution in [-0.2, 0) is 6.54 Å². The molecule has 0 unspecified atom stereocenters. The fraction of sp³-hybridized carbons (Fsp3) is 0.583. The van der Waals surface area contributed by atoms with Crippen LogP contribution in [0.5, 0.6) is 0 Å². The molecule has 3 rings (SSSR count). The predicted molar refractivity (Wildman–Crippen MR) is 71.6 cm³/mol. The molecule has 86 valence electrons. The minimum Gasteiger partial charge on any atom is -0.360 e. The molecule has 1 N–H and O–H groups in total. The molecule has 2 aliphatic rings. The number of thiophene rings is 1. The molecular formula is C12H16N2S2. The number of rotatable bonds is 4. The largest absolute Gasteiger partial charge is 0.360 e. The summed E-state index contributed by atoms with van der Waals surface area (Å²) in [5.41, 5.74) is 0. The fourth-order valence-corrected chi connectivity index (χ4v) is 2.89. The van der Waals surface area contributed by atoms with Crippen LogP contribution in [0.3, 0.4) is 0 Å². The van der Waals surface area contributed by atoms with E-state index in [1.807, 2.05) is 11.3 Å². The predicted octanol–water partition coefficient (Wildman–Crippen LogP) is 2.75. The Kier molecular flexibility index (Phi) is 2.86. The van der Waals surface area contributed by atoms with E-state index in [0.29, 0.717) is 12.1 Å². The van der Waals surface area contributed by atoms with E-state index in [9.17, 15) is 0 Å². The van der Waals surface area contributed by atoms with E-state index in [-0.39, 0.29) is 0 Å². The Hall–Kier alpha value is -0.610. The summed E-state index contributed by atoms with van der Waals surface area (Å²) >= 11 is 7.32. The van der Waals surface area contributed by atoms with Crippen LogP contribution in [0.25, 0.3) is 0 Å². The molecule has 0 amide bonds. The van der Waals surface area contributed by atoms with Crippen molar-refractivity contribution in [2.45, 2.75) is 44.3 Å². The van der Waals surface area contributed by atoms with Crippen molar-refractivity contribution in [3.63, 3.8) is 0 Å². The van der Waals surface area contributed by atoms with Crippen molar-refractivity contribution in [1.82, 2.24) is 10.2 Å². The zero-order chi connectivity index (χ0) is 11.0. The van der Waals surface area contributed by atoms with E-state index in [4.69, 9.17) is 12.2 Å². The summed E-state index contributed by atoms with van der Waals surface area (Å²) in [5, 5.41) is 6.56.